The largest absolute Gasteiger partial charge is 0.340 e. The first-order chi connectivity index (χ1) is 15.8. The number of carbonyl (C=O) groups excluding carboxylic acids is 2. The van der Waals surface area contributed by atoms with E-state index in [2.05, 4.69) is 0 Å². The standard InChI is InChI=1S/C23H23ClN4O4S/c24-21-4-2-1-3-18(21)15-27-16-19(13-22(27)29)23(30)26-9-11-28(12-10-26)33(31,32)20-7-5-17(14-25)6-8-20/h1-8,19H,9-13,15-16H2. The molecule has 0 N–H and O–H groups in total. The second kappa shape index (κ2) is 9.51. The molecule has 2 aromatic carbocycles. The number of benzene rings is 2. The Morgan fingerprint density at radius 2 is 1.73 bits per heavy atom. The number of nitrogens with zero attached hydrogens (tertiary/aromatic N) is 4. The lowest BCUT2D eigenvalue weighted by atomic mass is 10.1. The number of nitriles is 1. The highest BCUT2D eigenvalue weighted by Gasteiger charge is 2.38. The Morgan fingerprint density at radius 3 is 2.36 bits per heavy atom. The summed E-state index contributed by atoms with van der Waals surface area (Å²) in [5.41, 5.74) is 1.22. The molecule has 0 saturated carbocycles. The minimum atomic E-state index is -3.70. The smallest absolute Gasteiger partial charge is 0.243 e. The van der Waals surface area contributed by atoms with E-state index in [1.807, 2.05) is 24.3 Å². The van der Waals surface area contributed by atoms with Gasteiger partial charge in [-0.25, -0.2) is 8.42 Å². The summed E-state index contributed by atoms with van der Waals surface area (Å²) in [6.07, 6.45) is 0.146. The zero-order valence-electron chi connectivity index (χ0n) is 17.9. The van der Waals surface area contributed by atoms with Crippen LogP contribution >= 0.6 is 11.6 Å². The molecule has 1 unspecified atom stereocenters. The Morgan fingerprint density at radius 1 is 1.06 bits per heavy atom. The maximum absolute atomic E-state index is 13.0. The van der Waals surface area contributed by atoms with E-state index in [9.17, 15) is 18.0 Å². The molecule has 0 spiro atoms. The fraction of sp³-hybridized carbons (Fsp3) is 0.348. The highest BCUT2D eigenvalue weighted by Crippen LogP contribution is 2.26. The third-order valence-electron chi connectivity index (χ3n) is 6.05. The van der Waals surface area contributed by atoms with Crippen molar-refractivity contribution in [2.24, 2.45) is 5.92 Å². The summed E-state index contributed by atoms with van der Waals surface area (Å²) in [6.45, 7) is 1.58. The molecule has 0 aromatic heterocycles. The highest BCUT2D eigenvalue weighted by atomic mass is 35.5. The quantitative estimate of drug-likeness (QED) is 0.644. The molecule has 8 nitrogen and oxygen atoms in total. The first kappa shape index (κ1) is 23.2. The van der Waals surface area contributed by atoms with Gasteiger partial charge in [0.05, 0.1) is 22.4 Å². The van der Waals surface area contributed by atoms with E-state index in [0.29, 0.717) is 23.7 Å². The molecular formula is C23H23ClN4O4S. The van der Waals surface area contributed by atoms with Crippen LogP contribution in [-0.2, 0) is 26.2 Å². The van der Waals surface area contributed by atoms with Crippen LogP contribution in [-0.4, -0.2) is 67.1 Å². The molecule has 1 atom stereocenters. The van der Waals surface area contributed by atoms with Crippen molar-refractivity contribution in [2.75, 3.05) is 32.7 Å². The third kappa shape index (κ3) is 4.88. The van der Waals surface area contributed by atoms with Gasteiger partial charge in [-0.15, -0.1) is 0 Å². The van der Waals surface area contributed by atoms with Crippen LogP contribution in [0.25, 0.3) is 0 Å². The maximum atomic E-state index is 13.0. The number of hydrogen-bond donors (Lipinski definition) is 0. The van der Waals surface area contributed by atoms with Crippen molar-refractivity contribution in [3.8, 4) is 6.07 Å². The summed E-state index contributed by atoms with van der Waals surface area (Å²) in [5.74, 6) is -0.655. The van der Waals surface area contributed by atoms with Crippen molar-refractivity contribution in [3.05, 3.63) is 64.7 Å². The van der Waals surface area contributed by atoms with Crippen molar-refractivity contribution in [1.29, 1.82) is 5.26 Å². The lowest BCUT2D eigenvalue weighted by Crippen LogP contribution is -2.52. The molecule has 2 heterocycles. The molecule has 2 saturated heterocycles. The molecule has 2 aliphatic rings. The van der Waals surface area contributed by atoms with E-state index < -0.39 is 15.9 Å². The van der Waals surface area contributed by atoms with Crippen LogP contribution in [0.3, 0.4) is 0 Å². The Bertz CT molecular complexity index is 1200. The van der Waals surface area contributed by atoms with Gasteiger partial charge in [-0.05, 0) is 35.9 Å². The van der Waals surface area contributed by atoms with Gasteiger partial charge in [-0.1, -0.05) is 29.8 Å². The van der Waals surface area contributed by atoms with Crippen LogP contribution < -0.4 is 0 Å². The first-order valence-electron chi connectivity index (χ1n) is 10.6. The van der Waals surface area contributed by atoms with Crippen LogP contribution in [0.1, 0.15) is 17.5 Å². The number of hydrogen-bond acceptors (Lipinski definition) is 5. The average Bonchev–Trinajstić information content (AvgIpc) is 3.20. The minimum Gasteiger partial charge on any atom is -0.340 e. The van der Waals surface area contributed by atoms with Gasteiger partial charge in [0.2, 0.25) is 21.8 Å². The number of carbonyl (C=O) groups is 2. The number of piperazine rings is 1. The van der Waals surface area contributed by atoms with E-state index >= 15 is 0 Å². The molecule has 2 aromatic rings. The number of halogens is 1. The Labute approximate surface area is 198 Å². The highest BCUT2D eigenvalue weighted by molar-refractivity contribution is 7.89. The predicted octanol–water partition coefficient (Wildman–Crippen LogP) is 2.09. The monoisotopic (exact) mass is 486 g/mol. The van der Waals surface area contributed by atoms with E-state index in [0.717, 1.165) is 5.56 Å². The Kier molecular flexibility index (Phi) is 6.70. The van der Waals surface area contributed by atoms with Gasteiger partial charge < -0.3 is 9.80 Å². The lowest BCUT2D eigenvalue weighted by Gasteiger charge is -2.35. The summed E-state index contributed by atoms with van der Waals surface area (Å²) < 4.78 is 27.1. The summed E-state index contributed by atoms with van der Waals surface area (Å²) in [5, 5.41) is 9.48. The van der Waals surface area contributed by atoms with Crippen LogP contribution in [0, 0.1) is 17.2 Å². The second-order valence-electron chi connectivity index (χ2n) is 8.13. The zero-order chi connectivity index (χ0) is 23.6. The van der Waals surface area contributed by atoms with Gasteiger partial charge in [-0.2, -0.15) is 9.57 Å². The van der Waals surface area contributed by atoms with Crippen LogP contribution in [0.4, 0.5) is 0 Å². The van der Waals surface area contributed by atoms with E-state index in [1.54, 1.807) is 15.9 Å². The first-order valence-corrected chi connectivity index (χ1v) is 12.4. The summed E-state index contributed by atoms with van der Waals surface area (Å²) >= 11 is 6.20. The molecule has 4 rings (SSSR count). The Balaban J connectivity index is 1.35. The number of amides is 2. The van der Waals surface area contributed by atoms with E-state index in [1.165, 1.54) is 28.6 Å². The average molecular weight is 487 g/mol. The molecule has 2 fully saturated rings. The van der Waals surface area contributed by atoms with Crippen molar-refractivity contribution in [1.82, 2.24) is 14.1 Å². The Hall–Kier alpha value is -2.93. The van der Waals surface area contributed by atoms with Crippen LogP contribution in [0.2, 0.25) is 5.02 Å². The van der Waals surface area contributed by atoms with Crippen molar-refractivity contribution in [2.45, 2.75) is 17.9 Å². The summed E-state index contributed by atoms with van der Waals surface area (Å²) in [7, 11) is -3.70. The van der Waals surface area contributed by atoms with Gasteiger partial charge in [0.25, 0.3) is 0 Å². The number of rotatable bonds is 5. The molecule has 2 aliphatic heterocycles. The number of sulfonamides is 1. The topological polar surface area (TPSA) is 102 Å². The molecule has 0 bridgehead atoms. The normalized spacial score (nSPS) is 19.5. The molecule has 0 aliphatic carbocycles. The van der Waals surface area contributed by atoms with Crippen LogP contribution in [0.15, 0.2) is 53.4 Å². The fourth-order valence-electron chi connectivity index (χ4n) is 4.18. The molecule has 2 amide bonds. The molecule has 172 valence electrons. The zero-order valence-corrected chi connectivity index (χ0v) is 19.4. The molecule has 10 heteroatoms. The molecule has 0 radical (unpaired) electrons. The van der Waals surface area contributed by atoms with Gasteiger partial charge in [0, 0.05) is 50.7 Å². The van der Waals surface area contributed by atoms with E-state index in [-0.39, 0.29) is 49.3 Å². The third-order valence-corrected chi connectivity index (χ3v) is 8.34. The van der Waals surface area contributed by atoms with Gasteiger partial charge >= 0.3 is 0 Å². The van der Waals surface area contributed by atoms with Gasteiger partial charge in [-0.3, -0.25) is 9.59 Å². The van der Waals surface area contributed by atoms with Crippen molar-refractivity contribution in [3.63, 3.8) is 0 Å². The van der Waals surface area contributed by atoms with Crippen molar-refractivity contribution >= 4 is 33.4 Å². The lowest BCUT2D eigenvalue weighted by molar-refractivity contribution is -0.137. The van der Waals surface area contributed by atoms with Gasteiger partial charge in [0.15, 0.2) is 0 Å². The SMILES string of the molecule is N#Cc1ccc(S(=O)(=O)N2CCN(C(=O)C3CC(=O)N(Cc4ccccc4Cl)C3)CC2)cc1. The van der Waals surface area contributed by atoms with Crippen LogP contribution in [0.5, 0.6) is 0 Å². The minimum absolute atomic E-state index is 0.0877. The van der Waals surface area contributed by atoms with Gasteiger partial charge in [0.1, 0.15) is 0 Å². The predicted molar refractivity (Wildman–Crippen MR) is 121 cm³/mol. The molecular weight excluding hydrogens is 464 g/mol. The second-order valence-corrected chi connectivity index (χ2v) is 10.5. The maximum Gasteiger partial charge on any atom is 0.243 e. The van der Waals surface area contributed by atoms with E-state index in [4.69, 9.17) is 16.9 Å². The fourth-order valence-corrected chi connectivity index (χ4v) is 5.80. The summed E-state index contributed by atoms with van der Waals surface area (Å²) in [6, 6.07) is 15.1. The summed E-state index contributed by atoms with van der Waals surface area (Å²) in [4.78, 5) is 28.9. The van der Waals surface area contributed by atoms with Crippen molar-refractivity contribution < 1.29 is 18.0 Å². The molecule has 33 heavy (non-hydrogen) atoms. The number of likely N-dealkylation sites (tertiary alicyclic amines) is 1.